The van der Waals surface area contributed by atoms with Crippen molar-refractivity contribution in [2.24, 2.45) is 5.73 Å². The summed E-state index contributed by atoms with van der Waals surface area (Å²) in [5.41, 5.74) is 8.48. The summed E-state index contributed by atoms with van der Waals surface area (Å²) in [4.78, 5) is 20.1. The van der Waals surface area contributed by atoms with Crippen LogP contribution in [0.5, 0.6) is 0 Å². The first kappa shape index (κ1) is 8.09. The van der Waals surface area contributed by atoms with E-state index < -0.39 is 11.9 Å². The predicted molar refractivity (Wildman–Crippen MR) is 34.7 cm³/mol. The number of amides is 3. The molecule has 3 amide bonds. The van der Waals surface area contributed by atoms with Gasteiger partial charge in [0.2, 0.25) is 5.91 Å². The Balaban J connectivity index is 3.28. The number of urea groups is 1. The fraction of sp³-hybridized carbons (Fsp3) is 0.333. The first-order chi connectivity index (χ1) is 4.16. The fourth-order valence-electron chi connectivity index (χ4n) is 0.171. The zero-order chi connectivity index (χ0) is 7.28. The van der Waals surface area contributed by atoms with Gasteiger partial charge in [-0.05, 0) is 0 Å². The molecule has 0 aromatic rings. The third-order valence-corrected chi connectivity index (χ3v) is 0.756. The van der Waals surface area contributed by atoms with E-state index in [0.29, 0.717) is 0 Å². The second-order valence-electron chi connectivity index (χ2n) is 1.20. The second-order valence-corrected chi connectivity index (χ2v) is 1.51. The summed E-state index contributed by atoms with van der Waals surface area (Å²) in [5.74, 6) is -0.391. The zero-order valence-corrected chi connectivity index (χ0v) is 5.44. The Morgan fingerprint density at radius 3 is 2.33 bits per heavy atom. The average Bonchev–Trinajstić information content (AvgIpc) is 1.83. The van der Waals surface area contributed by atoms with Crippen LogP contribution in [0.25, 0.3) is 0 Å². The molecule has 6 heteroatoms. The first-order valence-corrected chi connectivity index (χ1v) is 2.75. The molecule has 0 saturated carbocycles. The van der Waals surface area contributed by atoms with Crippen LogP contribution in [0.3, 0.4) is 0 Å². The SMILES string of the molecule is NC(=O)NNC(=O)CS. The lowest BCUT2D eigenvalue weighted by atomic mass is 10.7. The largest absolute Gasteiger partial charge is 0.350 e. The molecule has 0 aliphatic heterocycles. The van der Waals surface area contributed by atoms with Gasteiger partial charge in [0, 0.05) is 0 Å². The molecule has 0 aliphatic carbocycles. The van der Waals surface area contributed by atoms with Gasteiger partial charge in [-0.15, -0.1) is 0 Å². The third kappa shape index (κ3) is 4.95. The maximum Gasteiger partial charge on any atom is 0.330 e. The Hall–Kier alpha value is -0.910. The van der Waals surface area contributed by atoms with Gasteiger partial charge in [-0.3, -0.25) is 10.2 Å². The van der Waals surface area contributed by atoms with Crippen LogP contribution >= 0.6 is 12.6 Å². The Morgan fingerprint density at radius 1 is 1.44 bits per heavy atom. The zero-order valence-electron chi connectivity index (χ0n) is 4.55. The van der Waals surface area contributed by atoms with Gasteiger partial charge in [0.1, 0.15) is 0 Å². The Bertz CT molecular complexity index is 126. The van der Waals surface area contributed by atoms with Crippen molar-refractivity contribution >= 4 is 24.6 Å². The van der Waals surface area contributed by atoms with Crippen molar-refractivity contribution in [1.29, 1.82) is 0 Å². The minimum atomic E-state index is -0.801. The summed E-state index contributed by atoms with van der Waals surface area (Å²) < 4.78 is 0. The smallest absolute Gasteiger partial charge is 0.330 e. The molecule has 0 aromatic carbocycles. The summed E-state index contributed by atoms with van der Waals surface area (Å²) >= 11 is 3.61. The minimum Gasteiger partial charge on any atom is -0.350 e. The van der Waals surface area contributed by atoms with E-state index in [4.69, 9.17) is 0 Å². The van der Waals surface area contributed by atoms with Crippen molar-refractivity contribution in [1.82, 2.24) is 10.9 Å². The highest BCUT2D eigenvalue weighted by Gasteiger charge is 1.95. The highest BCUT2D eigenvalue weighted by molar-refractivity contribution is 7.81. The lowest BCUT2D eigenvalue weighted by molar-refractivity contribution is -0.119. The van der Waals surface area contributed by atoms with Crippen LogP contribution in [0.4, 0.5) is 4.79 Å². The molecule has 0 bridgehead atoms. The summed E-state index contributed by atoms with van der Waals surface area (Å²) in [6, 6.07) is -0.801. The molecule has 0 fully saturated rings. The maximum absolute atomic E-state index is 10.3. The molecular formula is C3H7N3O2S. The molecular weight excluding hydrogens is 142 g/mol. The highest BCUT2D eigenvalue weighted by atomic mass is 32.1. The van der Waals surface area contributed by atoms with E-state index in [1.807, 2.05) is 10.9 Å². The predicted octanol–water partition coefficient (Wildman–Crippen LogP) is -1.38. The van der Waals surface area contributed by atoms with Crippen molar-refractivity contribution < 1.29 is 9.59 Å². The minimum absolute atomic E-state index is 0.0142. The van der Waals surface area contributed by atoms with Crippen LogP contribution in [0.1, 0.15) is 0 Å². The summed E-state index contributed by atoms with van der Waals surface area (Å²) in [7, 11) is 0. The van der Waals surface area contributed by atoms with E-state index in [1.54, 1.807) is 0 Å². The lowest BCUT2D eigenvalue weighted by Gasteiger charge is -1.99. The van der Waals surface area contributed by atoms with Crippen molar-refractivity contribution in [3.63, 3.8) is 0 Å². The first-order valence-electron chi connectivity index (χ1n) is 2.12. The molecule has 0 saturated heterocycles. The molecule has 0 heterocycles. The molecule has 0 aromatic heterocycles. The molecule has 0 aliphatic rings. The second kappa shape index (κ2) is 4.02. The van der Waals surface area contributed by atoms with Crippen molar-refractivity contribution in [2.45, 2.75) is 0 Å². The van der Waals surface area contributed by atoms with E-state index in [-0.39, 0.29) is 5.75 Å². The summed E-state index contributed by atoms with van der Waals surface area (Å²) in [5, 5.41) is 0. The molecule has 9 heavy (non-hydrogen) atoms. The number of hydrogen-bond donors (Lipinski definition) is 4. The van der Waals surface area contributed by atoms with E-state index in [9.17, 15) is 9.59 Å². The Labute approximate surface area is 57.4 Å². The van der Waals surface area contributed by atoms with Gasteiger partial charge < -0.3 is 5.73 Å². The van der Waals surface area contributed by atoms with Gasteiger partial charge in [-0.25, -0.2) is 10.2 Å². The number of rotatable bonds is 1. The quantitative estimate of drug-likeness (QED) is 0.273. The molecule has 0 spiro atoms. The normalized spacial score (nSPS) is 8.11. The van der Waals surface area contributed by atoms with Gasteiger partial charge in [-0.1, -0.05) is 0 Å². The van der Waals surface area contributed by atoms with Crippen LogP contribution < -0.4 is 16.6 Å². The molecule has 5 nitrogen and oxygen atoms in total. The number of nitrogens with two attached hydrogens (primary N) is 1. The molecule has 4 N–H and O–H groups in total. The van der Waals surface area contributed by atoms with Gasteiger partial charge in [-0.2, -0.15) is 12.6 Å². The monoisotopic (exact) mass is 149 g/mol. The van der Waals surface area contributed by atoms with Gasteiger partial charge in [0.15, 0.2) is 0 Å². The van der Waals surface area contributed by atoms with Crippen LogP contribution in [-0.2, 0) is 4.79 Å². The lowest BCUT2D eigenvalue weighted by Crippen LogP contribution is -2.45. The summed E-state index contributed by atoms with van der Waals surface area (Å²) in [6.07, 6.45) is 0. The highest BCUT2D eigenvalue weighted by Crippen LogP contribution is 1.68. The van der Waals surface area contributed by atoms with Crippen LogP contribution in [0.2, 0.25) is 0 Å². The van der Waals surface area contributed by atoms with Crippen molar-refractivity contribution in [3.05, 3.63) is 0 Å². The van der Waals surface area contributed by atoms with Gasteiger partial charge in [0.25, 0.3) is 0 Å². The van der Waals surface area contributed by atoms with Crippen LogP contribution in [0.15, 0.2) is 0 Å². The van der Waals surface area contributed by atoms with Crippen molar-refractivity contribution in [2.75, 3.05) is 5.75 Å². The Morgan fingerprint density at radius 2 is 2.00 bits per heavy atom. The molecule has 52 valence electrons. The van der Waals surface area contributed by atoms with E-state index in [2.05, 4.69) is 18.4 Å². The summed E-state index contributed by atoms with van der Waals surface area (Å²) in [6.45, 7) is 0. The van der Waals surface area contributed by atoms with E-state index in [0.717, 1.165) is 0 Å². The molecule has 0 rings (SSSR count). The number of carbonyl (C=O) groups is 2. The van der Waals surface area contributed by atoms with Crippen LogP contribution in [0, 0.1) is 0 Å². The number of carbonyl (C=O) groups excluding carboxylic acids is 2. The van der Waals surface area contributed by atoms with Gasteiger partial charge in [0.05, 0.1) is 5.75 Å². The topological polar surface area (TPSA) is 84.2 Å². The van der Waals surface area contributed by atoms with Gasteiger partial charge >= 0.3 is 6.03 Å². The third-order valence-electron chi connectivity index (χ3n) is 0.469. The number of primary amides is 1. The molecule has 0 unspecified atom stereocenters. The van der Waals surface area contributed by atoms with E-state index >= 15 is 0 Å². The maximum atomic E-state index is 10.3. The number of nitrogens with one attached hydrogen (secondary N) is 2. The fourth-order valence-corrected chi connectivity index (χ4v) is 0.250. The molecule has 0 radical (unpaired) electrons. The van der Waals surface area contributed by atoms with Crippen LogP contribution in [-0.4, -0.2) is 17.7 Å². The van der Waals surface area contributed by atoms with Crippen molar-refractivity contribution in [3.8, 4) is 0 Å². The average molecular weight is 149 g/mol. The number of thiol groups is 1. The standard InChI is InChI=1S/C3H7N3O2S/c4-3(8)6-5-2(7)1-9/h9H,1H2,(H,5,7)(H3,4,6,8). The van der Waals surface area contributed by atoms with E-state index in [1.165, 1.54) is 0 Å². The number of hydrogen-bond acceptors (Lipinski definition) is 3. The molecule has 0 atom stereocenters. The Kier molecular flexibility index (Phi) is 3.61. The number of hydrazine groups is 1.